The summed E-state index contributed by atoms with van der Waals surface area (Å²) in [5.41, 5.74) is 32.0. The summed E-state index contributed by atoms with van der Waals surface area (Å²) < 4.78 is 7.22. The molecule has 3 nitrogen and oxygen atoms in total. The molecule has 0 fully saturated rings. The smallest absolute Gasteiger partial charge is 0.252 e. The summed E-state index contributed by atoms with van der Waals surface area (Å²) in [6.45, 7) is 41.1. The van der Waals surface area contributed by atoms with Crippen molar-refractivity contribution in [2.75, 3.05) is 9.80 Å². The van der Waals surface area contributed by atoms with Gasteiger partial charge in [-0.2, -0.15) is 0 Å². The summed E-state index contributed by atoms with van der Waals surface area (Å²) in [7, 11) is 0. The second kappa shape index (κ2) is 15.6. The fourth-order valence-electron chi connectivity index (χ4n) is 15.3. The van der Waals surface area contributed by atoms with Crippen LogP contribution in [0.5, 0.6) is 0 Å². The molecule has 0 amide bonds. The van der Waals surface area contributed by atoms with Crippen molar-refractivity contribution in [3.63, 3.8) is 0 Å². The van der Waals surface area contributed by atoms with Crippen LogP contribution in [-0.2, 0) is 32.5 Å². The third-order valence-corrected chi connectivity index (χ3v) is 20.4. The summed E-state index contributed by atoms with van der Waals surface area (Å²) in [4.78, 5) is 5.38. The van der Waals surface area contributed by atoms with E-state index in [0.717, 1.165) is 17.6 Å². The maximum atomic E-state index is 7.22. The Morgan fingerprint density at radius 2 is 0.787 bits per heavy atom. The molecule has 8 aromatic rings. The number of rotatable bonds is 3. The molecule has 3 aliphatic carbocycles. The van der Waals surface area contributed by atoms with Crippen LogP contribution in [0.3, 0.4) is 0 Å². The van der Waals surface area contributed by atoms with Gasteiger partial charge in [-0.1, -0.05) is 132 Å². The van der Waals surface area contributed by atoms with E-state index >= 15 is 0 Å². The first-order valence-corrected chi connectivity index (χ1v) is 28.5. The summed E-state index contributed by atoms with van der Waals surface area (Å²) >= 11 is 0. The molecule has 5 aliphatic rings. The lowest BCUT2D eigenvalue weighted by Gasteiger charge is -2.47. The molecule has 7 aromatic carbocycles. The highest BCUT2D eigenvalue weighted by Crippen LogP contribution is 2.55. The normalized spacial score (nSPS) is 19.8. The van der Waals surface area contributed by atoms with Crippen molar-refractivity contribution in [2.24, 2.45) is 0 Å². The molecule has 1 aromatic heterocycles. The van der Waals surface area contributed by atoms with E-state index < -0.39 is 0 Å². The SMILES string of the molecule is Cc1cc2c3c(c1)N(c1cc4c(cc1C)C(C)(C)CCC4(C)C)c1cc4oc5cc6c(cc5c4cc1B3c1ccc(-c3c(C)cccc3C)cc1N2c1cc2c(cc1C)C(C)(C)CCC2(C)C)C(C)(C)CCC6(C)C. The molecular formula is C71H79BN2O. The number of hydrogen-bond donors (Lipinski definition) is 0. The first-order chi connectivity index (χ1) is 35.2. The van der Waals surface area contributed by atoms with Crippen LogP contribution in [0.4, 0.5) is 34.1 Å². The average molecular weight is 987 g/mol. The Hall–Kier alpha value is -6.00. The number of nitrogens with zero attached hydrogens (tertiary/aromatic N) is 2. The summed E-state index contributed by atoms with van der Waals surface area (Å²) in [5.74, 6) is 0. The van der Waals surface area contributed by atoms with Gasteiger partial charge < -0.3 is 14.2 Å². The number of hydrogen-bond acceptors (Lipinski definition) is 3. The molecule has 0 bridgehead atoms. The lowest BCUT2D eigenvalue weighted by Crippen LogP contribution is -2.61. The molecule has 0 atom stereocenters. The largest absolute Gasteiger partial charge is 0.456 e. The van der Waals surface area contributed by atoms with Crippen molar-refractivity contribution >= 4 is 79.2 Å². The average Bonchev–Trinajstić information content (AvgIpc) is 3.69. The minimum atomic E-state index is -0.0379. The van der Waals surface area contributed by atoms with Crippen LogP contribution < -0.4 is 26.2 Å². The topological polar surface area (TPSA) is 19.6 Å². The van der Waals surface area contributed by atoms with Crippen LogP contribution >= 0.6 is 0 Å². The van der Waals surface area contributed by atoms with Gasteiger partial charge in [-0.3, -0.25) is 0 Å². The first kappa shape index (κ1) is 48.6. The zero-order chi connectivity index (χ0) is 53.0. The molecule has 2 aliphatic heterocycles. The molecule has 13 rings (SSSR count). The lowest BCUT2D eigenvalue weighted by atomic mass is 9.33. The number of aryl methyl sites for hydroxylation is 5. The summed E-state index contributed by atoms with van der Waals surface area (Å²) in [6, 6.07) is 39.6. The number of benzene rings is 7. The van der Waals surface area contributed by atoms with E-state index in [1.165, 1.54) is 166 Å². The van der Waals surface area contributed by atoms with Crippen molar-refractivity contribution in [3.05, 3.63) is 158 Å². The maximum absolute atomic E-state index is 7.22. The van der Waals surface area contributed by atoms with Gasteiger partial charge in [0, 0.05) is 51.0 Å². The van der Waals surface area contributed by atoms with Crippen LogP contribution in [0, 0.1) is 34.6 Å². The van der Waals surface area contributed by atoms with E-state index in [9.17, 15) is 0 Å². The van der Waals surface area contributed by atoms with Crippen LogP contribution in [0.1, 0.15) is 183 Å². The predicted octanol–water partition coefficient (Wildman–Crippen LogP) is 17.9. The number of anilines is 6. The Balaban J connectivity index is 1.16. The molecule has 0 saturated carbocycles. The van der Waals surface area contributed by atoms with E-state index in [2.05, 4.69) is 225 Å². The van der Waals surface area contributed by atoms with E-state index in [0.29, 0.717) is 0 Å². The quantitative estimate of drug-likeness (QED) is 0.165. The summed E-state index contributed by atoms with van der Waals surface area (Å²) in [5, 5.41) is 2.44. The van der Waals surface area contributed by atoms with E-state index in [-0.39, 0.29) is 39.2 Å². The van der Waals surface area contributed by atoms with Crippen LogP contribution in [0.2, 0.25) is 0 Å². The molecule has 0 saturated heterocycles. The highest BCUT2D eigenvalue weighted by Gasteiger charge is 2.47. The third-order valence-electron chi connectivity index (χ3n) is 20.4. The first-order valence-electron chi connectivity index (χ1n) is 28.5. The molecule has 0 N–H and O–H groups in total. The Morgan fingerprint density at radius 3 is 1.28 bits per heavy atom. The van der Waals surface area contributed by atoms with E-state index in [1.807, 2.05) is 0 Å². The summed E-state index contributed by atoms with van der Waals surface area (Å²) in [6.07, 6.45) is 7.04. The second-order valence-electron chi connectivity index (χ2n) is 28.4. The standard InChI is InChI=1S/C71H79BN2O/c1-40-29-60-65-61(30-40)74(57-37-52-49(32-44(57)5)67(8,9)24-27-70(52,14)15)59-39-63-47(46-34-50-53(38-62(46)75-63)71(16,17)28-25-68(50,10)11)35-55(59)72(65)54-22-21-45(64-41(2)19-18-20-42(64)3)33-58(54)73(60)56-36-51-48(31-43(56)4)66(6,7)23-26-69(51,12)13/h18-22,29-39H,23-28H2,1-17H3. The second-order valence-corrected chi connectivity index (χ2v) is 28.4. The van der Waals surface area contributed by atoms with Crippen molar-refractivity contribution in [1.29, 1.82) is 0 Å². The van der Waals surface area contributed by atoms with Gasteiger partial charge in [0.1, 0.15) is 11.2 Å². The third kappa shape index (κ3) is 6.98. The molecule has 0 unspecified atom stereocenters. The van der Waals surface area contributed by atoms with Gasteiger partial charge in [0.05, 0.1) is 0 Å². The number of furan rings is 1. The van der Waals surface area contributed by atoms with Gasteiger partial charge in [0.25, 0.3) is 6.71 Å². The molecular weight excluding hydrogens is 908 g/mol. The Morgan fingerprint density at radius 1 is 0.373 bits per heavy atom. The van der Waals surface area contributed by atoms with Gasteiger partial charge >= 0.3 is 0 Å². The van der Waals surface area contributed by atoms with Crippen molar-refractivity contribution < 1.29 is 4.42 Å². The lowest BCUT2D eigenvalue weighted by molar-refractivity contribution is 0.332. The van der Waals surface area contributed by atoms with Gasteiger partial charge in [-0.05, 0) is 237 Å². The fraction of sp³-hybridized carbons (Fsp3) is 0.408. The minimum Gasteiger partial charge on any atom is -0.456 e. The van der Waals surface area contributed by atoms with Crippen LogP contribution in [0.15, 0.2) is 101 Å². The minimum absolute atomic E-state index is 0.0379. The fourth-order valence-corrected chi connectivity index (χ4v) is 15.3. The van der Waals surface area contributed by atoms with Gasteiger partial charge in [0.15, 0.2) is 0 Å². The molecule has 382 valence electrons. The molecule has 4 heteroatoms. The molecule has 0 radical (unpaired) electrons. The molecule has 0 spiro atoms. The Kier molecular flexibility index (Phi) is 10.1. The maximum Gasteiger partial charge on any atom is 0.252 e. The van der Waals surface area contributed by atoms with Gasteiger partial charge in [-0.15, -0.1) is 0 Å². The zero-order valence-corrected chi connectivity index (χ0v) is 48.4. The van der Waals surface area contributed by atoms with E-state index in [4.69, 9.17) is 4.42 Å². The van der Waals surface area contributed by atoms with Crippen LogP contribution in [-0.4, -0.2) is 6.71 Å². The molecule has 3 heterocycles. The predicted molar refractivity (Wildman–Crippen MR) is 323 cm³/mol. The van der Waals surface area contributed by atoms with Crippen LogP contribution in [0.25, 0.3) is 33.1 Å². The van der Waals surface area contributed by atoms with Gasteiger partial charge in [0.2, 0.25) is 0 Å². The Bertz CT molecular complexity index is 3790. The zero-order valence-electron chi connectivity index (χ0n) is 48.4. The van der Waals surface area contributed by atoms with E-state index in [1.54, 1.807) is 0 Å². The monoisotopic (exact) mass is 987 g/mol. The Labute approximate surface area is 449 Å². The molecule has 75 heavy (non-hydrogen) atoms. The highest BCUT2D eigenvalue weighted by atomic mass is 16.3. The van der Waals surface area contributed by atoms with Gasteiger partial charge in [-0.25, -0.2) is 0 Å². The highest BCUT2D eigenvalue weighted by molar-refractivity contribution is 7.00. The number of fused-ring (bicyclic) bond motifs is 10. The van der Waals surface area contributed by atoms with Crippen molar-refractivity contribution in [2.45, 2.75) is 189 Å². The van der Waals surface area contributed by atoms with Crippen molar-refractivity contribution in [3.8, 4) is 11.1 Å². The van der Waals surface area contributed by atoms with Crippen molar-refractivity contribution in [1.82, 2.24) is 0 Å².